The second kappa shape index (κ2) is 13.1. The molecule has 6 heteroatoms. The molecule has 7 aliphatic rings. The second-order valence-electron chi connectivity index (χ2n) is 12.6. The molecule has 0 saturated carbocycles. The van der Waals surface area contributed by atoms with Crippen LogP contribution in [0.4, 0.5) is 0 Å². The van der Waals surface area contributed by atoms with Crippen LogP contribution in [0.1, 0.15) is 89.5 Å². The number of hydrogen-bond acceptors (Lipinski definition) is 3. The van der Waals surface area contributed by atoms with Crippen LogP contribution < -0.4 is 5.32 Å². The molecule has 7 rings (SSSR count). The SMILES string of the molecule is C[C@H]1C[C-]=C(C2=C[C@H](C)[C@H](C)C[N-]2)CC1.[2H]C([2H])([2H])[C@@H]1CCC2C(N1)OC1=C([C@H]3CC4=C(CCS4)C[N-]3)[CH-]CCC12.[Ir]. The van der Waals surface area contributed by atoms with Crippen molar-refractivity contribution in [2.45, 2.75) is 104 Å². The third-order valence-corrected chi connectivity index (χ3v) is 11.0. The molecule has 4 nitrogen and oxygen atoms in total. The Labute approximate surface area is 259 Å². The molecule has 0 amide bonds. The summed E-state index contributed by atoms with van der Waals surface area (Å²) in [5, 5.41) is 12.9. The Morgan fingerprint density at radius 2 is 2.08 bits per heavy atom. The molecule has 1 radical (unpaired) electrons. The van der Waals surface area contributed by atoms with E-state index in [4.69, 9.17) is 14.2 Å². The molecule has 0 spiro atoms. The van der Waals surface area contributed by atoms with Crippen molar-refractivity contribution in [3.05, 3.63) is 62.3 Å². The topological polar surface area (TPSA) is 49.5 Å². The monoisotopic (exact) mass is 729 g/mol. The second-order valence-corrected chi connectivity index (χ2v) is 13.8. The van der Waals surface area contributed by atoms with Gasteiger partial charge in [-0.1, -0.05) is 57.4 Å². The molecule has 2 saturated heterocycles. The maximum absolute atomic E-state index is 7.72. The van der Waals surface area contributed by atoms with Crippen molar-refractivity contribution in [3.8, 4) is 0 Å². The van der Waals surface area contributed by atoms with Gasteiger partial charge in [0.05, 0.1) is 0 Å². The van der Waals surface area contributed by atoms with Crippen LogP contribution in [0.15, 0.2) is 39.2 Å². The first kappa shape index (κ1) is 26.0. The summed E-state index contributed by atoms with van der Waals surface area (Å²) in [6.45, 7) is 6.81. The summed E-state index contributed by atoms with van der Waals surface area (Å²) in [5.41, 5.74) is 5.47. The van der Waals surface area contributed by atoms with E-state index in [2.05, 4.69) is 50.0 Å². The summed E-state index contributed by atoms with van der Waals surface area (Å²) in [6.07, 6.45) is 17.8. The molecule has 3 unspecified atom stereocenters. The van der Waals surface area contributed by atoms with Gasteiger partial charge in [0.1, 0.15) is 6.23 Å². The van der Waals surface area contributed by atoms with Gasteiger partial charge in [-0.05, 0) is 55.0 Å². The van der Waals surface area contributed by atoms with Crippen molar-refractivity contribution < 1.29 is 29.0 Å². The predicted molar refractivity (Wildman–Crippen MR) is 159 cm³/mol. The largest absolute Gasteiger partial charge is 0.769 e. The molecular weight excluding hydrogens is 679 g/mol. The van der Waals surface area contributed by atoms with Crippen LogP contribution in [0.3, 0.4) is 0 Å². The first-order valence-corrected chi connectivity index (χ1v) is 16.2. The van der Waals surface area contributed by atoms with Crippen molar-refractivity contribution in [2.24, 2.45) is 29.6 Å². The van der Waals surface area contributed by atoms with E-state index in [1.54, 1.807) is 10.5 Å². The molecule has 8 atom stereocenters. The van der Waals surface area contributed by atoms with Crippen LogP contribution in [-0.2, 0) is 24.8 Å². The van der Waals surface area contributed by atoms with Gasteiger partial charge in [-0.15, -0.1) is 43.7 Å². The van der Waals surface area contributed by atoms with Gasteiger partial charge in [0.25, 0.3) is 0 Å². The fourth-order valence-corrected chi connectivity index (χ4v) is 8.30. The van der Waals surface area contributed by atoms with Gasteiger partial charge < -0.3 is 21.1 Å². The molecule has 0 aromatic carbocycles. The standard InChI is InChI=1S/C19H26N2OS.C14H21N.Ir/c1-11-5-6-14-13-3-2-4-15(18(13)22-19(14)21-11)16-9-17-12(10-20-16)7-8-23-17;1-10-4-6-13(7-5-10)14-8-11(2)12(3)9-15-14;/h4,11,13-14,16,19,21H,2-3,5-10H2,1H3;8,10-12H,4-6,9H2,1-3H3;/q2*-2;/t11-,13?,14?,16-,19?;10-,11+,12-;/m11./s1/i1D3;;. The van der Waals surface area contributed by atoms with E-state index in [0.29, 0.717) is 30.1 Å². The zero-order chi connectivity index (χ0) is 28.7. The van der Waals surface area contributed by atoms with E-state index >= 15 is 0 Å². The van der Waals surface area contributed by atoms with Gasteiger partial charge in [0.2, 0.25) is 0 Å². The summed E-state index contributed by atoms with van der Waals surface area (Å²) in [4.78, 5) is 1.56. The minimum Gasteiger partial charge on any atom is -0.769 e. The molecule has 5 heterocycles. The van der Waals surface area contributed by atoms with Crippen LogP contribution in [0.2, 0.25) is 0 Å². The number of ether oxygens (including phenoxy) is 1. The Morgan fingerprint density at radius 3 is 2.87 bits per heavy atom. The molecule has 0 aromatic heterocycles. The number of nitrogens with one attached hydrogen (secondary N) is 1. The van der Waals surface area contributed by atoms with E-state index in [0.717, 1.165) is 56.9 Å². The van der Waals surface area contributed by atoms with Crippen molar-refractivity contribution >= 4 is 11.8 Å². The Hall–Kier alpha value is -0.651. The smallest absolute Gasteiger partial charge is 0.131 e. The van der Waals surface area contributed by atoms with Crippen molar-refractivity contribution in [3.63, 3.8) is 0 Å². The predicted octanol–water partition coefficient (Wildman–Crippen LogP) is 8.21. The summed E-state index contributed by atoms with van der Waals surface area (Å²) >= 11 is 2.01. The van der Waals surface area contributed by atoms with Gasteiger partial charge in [-0.25, -0.2) is 12.0 Å². The number of nitrogens with zero attached hydrogens (tertiary/aromatic N) is 2. The summed E-state index contributed by atoms with van der Waals surface area (Å²) < 4.78 is 29.5. The Balaban J connectivity index is 0.000000189. The number of piperidine rings is 1. The van der Waals surface area contributed by atoms with Crippen molar-refractivity contribution in [1.82, 2.24) is 5.32 Å². The van der Waals surface area contributed by atoms with Crippen LogP contribution in [0.25, 0.3) is 10.6 Å². The van der Waals surface area contributed by atoms with Gasteiger partial charge in [-0.2, -0.15) is 11.6 Å². The average molecular weight is 729 g/mol. The summed E-state index contributed by atoms with van der Waals surface area (Å²) in [6, 6.07) is -0.213. The fourth-order valence-electron chi connectivity index (χ4n) is 7.06. The van der Waals surface area contributed by atoms with E-state index in [1.807, 2.05) is 11.8 Å². The number of rotatable bonds is 2. The Kier molecular flexibility index (Phi) is 8.75. The Morgan fingerprint density at radius 1 is 1.18 bits per heavy atom. The van der Waals surface area contributed by atoms with E-state index in [-0.39, 0.29) is 32.4 Å². The molecule has 5 aliphatic heterocycles. The van der Waals surface area contributed by atoms with E-state index in [1.165, 1.54) is 41.9 Å². The normalized spacial score (nSPS) is 40.7. The molecular formula is C33H47IrN3OS-4. The summed E-state index contributed by atoms with van der Waals surface area (Å²) in [7, 11) is 0. The first-order chi connectivity index (χ1) is 19.7. The maximum Gasteiger partial charge on any atom is 0.131 e. The molecule has 39 heavy (non-hydrogen) atoms. The Bertz CT molecular complexity index is 1120. The molecule has 0 bridgehead atoms. The average Bonchev–Trinajstić information content (AvgIpc) is 3.58. The van der Waals surface area contributed by atoms with Gasteiger partial charge in [0, 0.05) is 41.9 Å². The molecule has 219 valence electrons. The quantitative estimate of drug-likeness (QED) is 0.292. The zero-order valence-electron chi connectivity index (χ0n) is 26.8. The number of thioether (sulfide) groups is 1. The third-order valence-electron chi connectivity index (χ3n) is 9.82. The van der Waals surface area contributed by atoms with Crippen molar-refractivity contribution in [1.29, 1.82) is 0 Å². The maximum atomic E-state index is 7.72. The van der Waals surface area contributed by atoms with Crippen LogP contribution in [0, 0.1) is 42.1 Å². The van der Waals surface area contributed by atoms with E-state index < -0.39 is 12.9 Å². The summed E-state index contributed by atoms with van der Waals surface area (Å²) in [5.74, 6) is 5.37. The van der Waals surface area contributed by atoms with Crippen LogP contribution in [-0.4, -0.2) is 37.2 Å². The van der Waals surface area contributed by atoms with Crippen molar-refractivity contribution in [2.75, 3.05) is 18.8 Å². The number of hydrogen-bond donors (Lipinski definition) is 1. The van der Waals surface area contributed by atoms with Gasteiger partial charge in [-0.3, -0.25) is 11.4 Å². The van der Waals surface area contributed by atoms with Gasteiger partial charge >= 0.3 is 0 Å². The minimum absolute atomic E-state index is 0. The minimum atomic E-state index is -1.95. The zero-order valence-corrected chi connectivity index (χ0v) is 27.0. The fraction of sp³-hybridized carbons (Fsp3) is 0.727. The first-order valence-electron chi connectivity index (χ1n) is 16.7. The van der Waals surface area contributed by atoms with Gasteiger partial charge in [0.15, 0.2) is 0 Å². The number of allylic oxidation sites excluding steroid dienone is 4. The molecule has 2 aliphatic carbocycles. The number of fused-ring (bicyclic) bond motifs is 3. The van der Waals surface area contributed by atoms with E-state index in [9.17, 15) is 0 Å². The molecule has 0 aromatic rings. The molecule has 2 fully saturated rings. The van der Waals surface area contributed by atoms with Crippen LogP contribution >= 0.6 is 11.8 Å². The molecule has 1 N–H and O–H groups in total. The third kappa shape index (κ3) is 6.56. The van der Waals surface area contributed by atoms with Crippen LogP contribution in [0.5, 0.6) is 0 Å².